The topological polar surface area (TPSA) is 86.8 Å². The van der Waals surface area contributed by atoms with E-state index in [1.807, 2.05) is 84.9 Å². The first-order valence-corrected chi connectivity index (χ1v) is 14.2. The van der Waals surface area contributed by atoms with Crippen LogP contribution in [0.4, 0.5) is 5.69 Å². The molecule has 0 saturated carbocycles. The molecule has 8 heteroatoms. The lowest BCUT2D eigenvalue weighted by atomic mass is 10.0. The zero-order valence-corrected chi connectivity index (χ0v) is 23.6. The third-order valence-electron chi connectivity index (χ3n) is 5.86. The lowest BCUT2D eigenvalue weighted by Crippen LogP contribution is -2.55. The van der Waals surface area contributed by atoms with E-state index in [1.54, 1.807) is 12.1 Å². The Kier molecular flexibility index (Phi) is 9.71. The van der Waals surface area contributed by atoms with Gasteiger partial charge in [0, 0.05) is 12.1 Å². The molecule has 0 aliphatic carbocycles. The molecule has 0 unspecified atom stereocenters. The van der Waals surface area contributed by atoms with E-state index in [4.69, 9.17) is 0 Å². The zero-order chi connectivity index (χ0) is 27.3. The molecule has 0 aliphatic heterocycles. The highest BCUT2D eigenvalue weighted by atomic mass is 32.2. The molecule has 1 N–H and O–H groups in total. The number of benzene rings is 2. The van der Waals surface area contributed by atoms with Gasteiger partial charge in [0.15, 0.2) is 0 Å². The van der Waals surface area contributed by atoms with Crippen molar-refractivity contribution in [2.24, 2.45) is 0 Å². The summed E-state index contributed by atoms with van der Waals surface area (Å²) in [4.78, 5) is 28.6. The van der Waals surface area contributed by atoms with Crippen molar-refractivity contribution in [1.82, 2.24) is 10.2 Å². The van der Waals surface area contributed by atoms with Crippen LogP contribution in [0.1, 0.15) is 70.6 Å². The van der Waals surface area contributed by atoms with Crippen LogP contribution < -0.4 is 9.62 Å². The van der Waals surface area contributed by atoms with Gasteiger partial charge in [0.1, 0.15) is 12.6 Å². The van der Waals surface area contributed by atoms with E-state index in [-0.39, 0.29) is 18.4 Å². The van der Waals surface area contributed by atoms with E-state index in [2.05, 4.69) is 5.32 Å². The smallest absolute Gasteiger partial charge is 0.244 e. The second-order valence-electron chi connectivity index (χ2n) is 10.7. The first-order valence-electron chi connectivity index (χ1n) is 12.4. The Morgan fingerprint density at radius 3 is 2.08 bits per heavy atom. The van der Waals surface area contributed by atoms with Crippen LogP contribution in [0, 0.1) is 6.92 Å². The average Bonchev–Trinajstić information content (AvgIpc) is 2.76. The summed E-state index contributed by atoms with van der Waals surface area (Å²) in [6.45, 7) is 13.3. The van der Waals surface area contributed by atoms with Gasteiger partial charge in [0.2, 0.25) is 21.8 Å². The number of anilines is 1. The highest BCUT2D eigenvalue weighted by Gasteiger charge is 2.33. The maximum atomic E-state index is 13.8. The molecule has 0 radical (unpaired) electrons. The summed E-state index contributed by atoms with van der Waals surface area (Å²) in [5, 5.41) is 2.98. The minimum absolute atomic E-state index is 0.0603. The van der Waals surface area contributed by atoms with Crippen molar-refractivity contribution >= 4 is 27.5 Å². The van der Waals surface area contributed by atoms with Gasteiger partial charge < -0.3 is 10.2 Å². The van der Waals surface area contributed by atoms with E-state index in [1.165, 1.54) is 4.90 Å². The normalized spacial score (nSPS) is 12.8. The van der Waals surface area contributed by atoms with Gasteiger partial charge in [0.25, 0.3) is 0 Å². The Hall–Kier alpha value is -2.87. The minimum atomic E-state index is -3.78. The standard InChI is InChI=1S/C28H41N3O4S/c1-9-24(27(33)29-28(5,6)7)30(18-22-16-14-21(4)15-17-22)26(32)19-31(36(8,34)35)25-13-11-10-12-23(25)20(2)3/h10-17,20,24H,9,18-19H2,1-8H3,(H,29,33)/t24-/m0/s1. The Morgan fingerprint density at radius 2 is 1.58 bits per heavy atom. The van der Waals surface area contributed by atoms with Crippen molar-refractivity contribution in [3.05, 3.63) is 65.2 Å². The quantitative estimate of drug-likeness (QED) is 0.501. The van der Waals surface area contributed by atoms with Gasteiger partial charge in [0.05, 0.1) is 11.9 Å². The van der Waals surface area contributed by atoms with Crippen molar-refractivity contribution in [2.75, 3.05) is 17.1 Å². The molecule has 0 fully saturated rings. The molecule has 2 amide bonds. The molecule has 2 aromatic carbocycles. The van der Waals surface area contributed by atoms with E-state index in [0.717, 1.165) is 27.3 Å². The van der Waals surface area contributed by atoms with Gasteiger partial charge in [-0.1, -0.05) is 68.8 Å². The minimum Gasteiger partial charge on any atom is -0.350 e. The van der Waals surface area contributed by atoms with Gasteiger partial charge in [-0.2, -0.15) is 0 Å². The number of amides is 2. The second kappa shape index (κ2) is 11.9. The maximum Gasteiger partial charge on any atom is 0.244 e. The van der Waals surface area contributed by atoms with Gasteiger partial charge in [-0.25, -0.2) is 8.42 Å². The SMILES string of the molecule is CC[C@@H](C(=O)NC(C)(C)C)N(Cc1ccc(C)cc1)C(=O)CN(c1ccccc1C(C)C)S(C)(=O)=O. The number of carbonyl (C=O) groups is 2. The Balaban J connectivity index is 2.51. The number of hydrogen-bond donors (Lipinski definition) is 1. The van der Waals surface area contributed by atoms with Crippen LogP contribution in [0.15, 0.2) is 48.5 Å². The molecule has 0 saturated heterocycles. The molecule has 198 valence electrons. The van der Waals surface area contributed by atoms with Crippen LogP contribution in [0.2, 0.25) is 0 Å². The molecular formula is C28H41N3O4S. The van der Waals surface area contributed by atoms with Gasteiger partial charge >= 0.3 is 0 Å². The zero-order valence-electron chi connectivity index (χ0n) is 22.8. The van der Waals surface area contributed by atoms with E-state index >= 15 is 0 Å². The molecule has 1 atom stereocenters. The molecule has 0 heterocycles. The van der Waals surface area contributed by atoms with E-state index in [9.17, 15) is 18.0 Å². The summed E-state index contributed by atoms with van der Waals surface area (Å²) in [5.74, 6) is -0.639. The highest BCUT2D eigenvalue weighted by molar-refractivity contribution is 7.92. The molecule has 36 heavy (non-hydrogen) atoms. The molecule has 0 spiro atoms. The second-order valence-corrected chi connectivity index (χ2v) is 12.6. The first kappa shape index (κ1) is 29.4. The lowest BCUT2D eigenvalue weighted by molar-refractivity contribution is -0.141. The maximum absolute atomic E-state index is 13.8. The Morgan fingerprint density at radius 1 is 1.00 bits per heavy atom. The number of carbonyl (C=O) groups excluding carboxylic acids is 2. The summed E-state index contributed by atoms with van der Waals surface area (Å²) in [7, 11) is -3.78. The van der Waals surface area contributed by atoms with Crippen LogP contribution in [0.5, 0.6) is 0 Å². The highest BCUT2D eigenvalue weighted by Crippen LogP contribution is 2.29. The van der Waals surface area contributed by atoms with Crippen molar-refractivity contribution in [1.29, 1.82) is 0 Å². The molecular weight excluding hydrogens is 474 g/mol. The van der Waals surface area contributed by atoms with Crippen molar-refractivity contribution in [2.45, 2.75) is 78.9 Å². The number of nitrogens with zero attached hydrogens (tertiary/aromatic N) is 2. The molecule has 7 nitrogen and oxygen atoms in total. The van der Waals surface area contributed by atoms with E-state index < -0.39 is 34.1 Å². The monoisotopic (exact) mass is 515 g/mol. The number of aryl methyl sites for hydroxylation is 1. The molecule has 0 aromatic heterocycles. The number of hydrogen-bond acceptors (Lipinski definition) is 4. The third kappa shape index (κ3) is 8.08. The molecule has 0 bridgehead atoms. The number of sulfonamides is 1. The third-order valence-corrected chi connectivity index (χ3v) is 6.99. The Bertz CT molecular complexity index is 1150. The fourth-order valence-corrected chi connectivity index (χ4v) is 4.93. The van der Waals surface area contributed by atoms with Crippen LogP contribution >= 0.6 is 0 Å². The fourth-order valence-electron chi connectivity index (χ4n) is 4.06. The fraction of sp³-hybridized carbons (Fsp3) is 0.500. The van der Waals surface area contributed by atoms with Gasteiger partial charge in [-0.05, 0) is 57.2 Å². The molecule has 0 aliphatic rings. The number of rotatable bonds is 10. The Labute approximate surface area is 216 Å². The largest absolute Gasteiger partial charge is 0.350 e. The lowest BCUT2D eigenvalue weighted by Gasteiger charge is -2.35. The average molecular weight is 516 g/mol. The predicted octanol–water partition coefficient (Wildman–Crippen LogP) is 4.61. The van der Waals surface area contributed by atoms with Gasteiger partial charge in [-0.3, -0.25) is 13.9 Å². The summed E-state index contributed by atoms with van der Waals surface area (Å²) in [6.07, 6.45) is 1.49. The van der Waals surface area contributed by atoms with E-state index in [0.29, 0.717) is 12.1 Å². The van der Waals surface area contributed by atoms with Crippen molar-refractivity contribution in [3.8, 4) is 0 Å². The predicted molar refractivity (Wildman–Crippen MR) is 146 cm³/mol. The van der Waals surface area contributed by atoms with Crippen molar-refractivity contribution < 1.29 is 18.0 Å². The van der Waals surface area contributed by atoms with Crippen LogP contribution in [-0.4, -0.2) is 49.5 Å². The first-order chi connectivity index (χ1) is 16.6. The summed E-state index contributed by atoms with van der Waals surface area (Å²) < 4.78 is 26.9. The molecule has 2 aromatic rings. The van der Waals surface area contributed by atoms with Gasteiger partial charge in [-0.15, -0.1) is 0 Å². The number of nitrogens with one attached hydrogen (secondary N) is 1. The van der Waals surface area contributed by atoms with Crippen LogP contribution in [0.3, 0.4) is 0 Å². The molecule has 2 rings (SSSR count). The number of para-hydroxylation sites is 1. The summed E-state index contributed by atoms with van der Waals surface area (Å²) in [5.41, 5.74) is 2.79. The van der Waals surface area contributed by atoms with Crippen molar-refractivity contribution in [3.63, 3.8) is 0 Å². The van der Waals surface area contributed by atoms with Crippen LogP contribution in [-0.2, 0) is 26.2 Å². The summed E-state index contributed by atoms with van der Waals surface area (Å²) >= 11 is 0. The summed E-state index contributed by atoms with van der Waals surface area (Å²) in [6, 6.07) is 14.2. The van der Waals surface area contributed by atoms with Crippen LogP contribution in [0.25, 0.3) is 0 Å².